The molecule has 0 amide bonds. The van der Waals surface area contributed by atoms with Gasteiger partial charge in [-0.3, -0.25) is 4.31 Å². The van der Waals surface area contributed by atoms with E-state index in [2.05, 4.69) is 5.32 Å². The molecule has 1 N–H and O–H groups in total. The van der Waals surface area contributed by atoms with E-state index in [4.69, 9.17) is 0 Å². The molecule has 2 aromatic carbocycles. The molecule has 4 rings (SSSR count). The van der Waals surface area contributed by atoms with Crippen LogP contribution in [-0.2, 0) is 10.2 Å². The molecule has 0 saturated carbocycles. The summed E-state index contributed by atoms with van der Waals surface area (Å²) in [7, 11) is -3.60. The van der Waals surface area contributed by atoms with Gasteiger partial charge in [0.15, 0.2) is 0 Å². The summed E-state index contributed by atoms with van der Waals surface area (Å²) < 4.78 is 29.5. The summed E-state index contributed by atoms with van der Waals surface area (Å²) in [6.07, 6.45) is 2.16. The second-order valence-corrected chi connectivity index (χ2v) is 8.04. The predicted molar refractivity (Wildman–Crippen MR) is 96.9 cm³/mol. The minimum atomic E-state index is -3.60. The van der Waals surface area contributed by atoms with E-state index in [1.54, 1.807) is 4.31 Å². The second-order valence-electron chi connectivity index (χ2n) is 6.34. The molecule has 2 aromatic rings. The lowest BCUT2D eigenvalue weighted by atomic mass is 9.99. The highest BCUT2D eigenvalue weighted by atomic mass is 32.2. The largest absolute Gasteiger partial charge is 0.330 e. The molecule has 2 aliphatic heterocycles. The Labute approximate surface area is 143 Å². The van der Waals surface area contributed by atoms with Crippen LogP contribution in [0.2, 0.25) is 0 Å². The van der Waals surface area contributed by atoms with Crippen LogP contribution in [-0.4, -0.2) is 28.1 Å². The third kappa shape index (κ3) is 2.56. The van der Waals surface area contributed by atoms with Crippen molar-refractivity contribution in [1.82, 2.24) is 5.32 Å². The molecule has 5 nitrogen and oxygen atoms in total. The summed E-state index contributed by atoms with van der Waals surface area (Å²) in [6.45, 7) is 2.42. The highest BCUT2D eigenvalue weighted by Gasteiger charge is 2.41. The van der Waals surface area contributed by atoms with Crippen LogP contribution in [0, 0.1) is 5.92 Å². The van der Waals surface area contributed by atoms with Crippen molar-refractivity contribution in [3.63, 3.8) is 0 Å². The summed E-state index contributed by atoms with van der Waals surface area (Å²) in [6, 6.07) is 16.8. The zero-order valence-corrected chi connectivity index (χ0v) is 14.2. The van der Waals surface area contributed by atoms with Crippen molar-refractivity contribution in [3.05, 3.63) is 54.6 Å². The van der Waals surface area contributed by atoms with Crippen LogP contribution in [0.4, 0.5) is 17.1 Å². The Bertz CT molecular complexity index is 817. The van der Waals surface area contributed by atoms with Crippen molar-refractivity contribution in [1.29, 1.82) is 0 Å². The zero-order chi connectivity index (χ0) is 16.6. The fraction of sp³-hybridized carbons (Fsp3) is 0.333. The number of benzene rings is 2. The molecule has 0 aromatic heterocycles. The minimum Gasteiger partial charge on any atom is -0.316 e. The molecule has 126 valence electrons. The van der Waals surface area contributed by atoms with Crippen LogP contribution in [0.5, 0.6) is 0 Å². The summed E-state index contributed by atoms with van der Waals surface area (Å²) >= 11 is 0. The van der Waals surface area contributed by atoms with Gasteiger partial charge >= 0.3 is 10.2 Å². The van der Waals surface area contributed by atoms with Crippen LogP contribution in [0.15, 0.2) is 54.6 Å². The first kappa shape index (κ1) is 15.5. The van der Waals surface area contributed by atoms with Crippen molar-refractivity contribution in [2.45, 2.75) is 12.8 Å². The molecule has 2 aliphatic rings. The Morgan fingerprint density at radius 3 is 2.42 bits per heavy atom. The number of nitrogens with zero attached hydrogens (tertiary/aromatic N) is 2. The zero-order valence-electron chi connectivity index (χ0n) is 13.4. The number of rotatable bonds is 3. The average Bonchev–Trinajstić information content (AvgIpc) is 2.84. The van der Waals surface area contributed by atoms with E-state index in [1.807, 2.05) is 54.6 Å². The van der Waals surface area contributed by atoms with Crippen LogP contribution < -0.4 is 13.9 Å². The molecule has 24 heavy (non-hydrogen) atoms. The van der Waals surface area contributed by atoms with Gasteiger partial charge in [0.1, 0.15) is 0 Å². The van der Waals surface area contributed by atoms with Crippen LogP contribution in [0.3, 0.4) is 0 Å². The number of fused-ring (bicyclic) bond motifs is 1. The van der Waals surface area contributed by atoms with Gasteiger partial charge in [-0.1, -0.05) is 30.3 Å². The van der Waals surface area contributed by atoms with E-state index in [-0.39, 0.29) is 0 Å². The van der Waals surface area contributed by atoms with Gasteiger partial charge < -0.3 is 5.32 Å². The van der Waals surface area contributed by atoms with Crippen LogP contribution in [0.1, 0.15) is 12.8 Å². The summed E-state index contributed by atoms with van der Waals surface area (Å²) in [5, 5.41) is 3.37. The fourth-order valence-corrected chi connectivity index (χ4v) is 5.33. The standard InChI is InChI=1S/C18H21N3O2S/c22-24(23)20(14-15-7-6-12-19-13-15)17-10-4-5-11-18(17)21(24)16-8-2-1-3-9-16/h1-5,8-11,15,19H,6-7,12-14H2. The number of hydrogen-bond acceptors (Lipinski definition) is 3. The first-order valence-electron chi connectivity index (χ1n) is 8.36. The minimum absolute atomic E-state index is 0.345. The lowest BCUT2D eigenvalue weighted by molar-refractivity contribution is 0.386. The van der Waals surface area contributed by atoms with Crippen molar-refractivity contribution in [2.24, 2.45) is 5.92 Å². The molecule has 2 heterocycles. The van der Waals surface area contributed by atoms with Gasteiger partial charge in [0.2, 0.25) is 0 Å². The Morgan fingerprint density at radius 1 is 1.00 bits per heavy atom. The molecule has 0 radical (unpaired) electrons. The molecule has 1 saturated heterocycles. The molecule has 1 unspecified atom stereocenters. The lowest BCUT2D eigenvalue weighted by Gasteiger charge is -2.28. The van der Waals surface area contributed by atoms with Crippen LogP contribution in [0.25, 0.3) is 0 Å². The number of para-hydroxylation sites is 3. The first-order chi connectivity index (χ1) is 11.7. The summed E-state index contributed by atoms with van der Waals surface area (Å²) in [5.41, 5.74) is 2.17. The quantitative estimate of drug-likeness (QED) is 0.932. The maximum atomic E-state index is 13.3. The SMILES string of the molecule is O=S1(=O)N(CC2CCCNC2)c2ccccc2N1c1ccccc1. The monoisotopic (exact) mass is 343 g/mol. The highest BCUT2D eigenvalue weighted by Crippen LogP contribution is 2.45. The van der Waals surface area contributed by atoms with Gasteiger partial charge in [-0.15, -0.1) is 0 Å². The first-order valence-corrected chi connectivity index (χ1v) is 9.75. The van der Waals surface area contributed by atoms with Crippen molar-refractivity contribution in [3.8, 4) is 0 Å². The van der Waals surface area contributed by atoms with E-state index in [0.29, 0.717) is 18.2 Å². The molecule has 0 aliphatic carbocycles. The molecule has 1 atom stereocenters. The van der Waals surface area contributed by atoms with Crippen molar-refractivity contribution >= 4 is 27.3 Å². The van der Waals surface area contributed by atoms with E-state index in [1.165, 1.54) is 4.31 Å². The van der Waals surface area contributed by atoms with Gasteiger partial charge in [-0.2, -0.15) is 8.42 Å². The van der Waals surface area contributed by atoms with Crippen molar-refractivity contribution in [2.75, 3.05) is 28.2 Å². The summed E-state index contributed by atoms with van der Waals surface area (Å²) in [4.78, 5) is 0. The average molecular weight is 343 g/mol. The third-order valence-electron chi connectivity index (χ3n) is 4.69. The lowest BCUT2D eigenvalue weighted by Crippen LogP contribution is -2.42. The molecule has 6 heteroatoms. The normalized spacial score (nSPS) is 22.4. The van der Waals surface area contributed by atoms with Gasteiger partial charge in [-0.05, 0) is 56.1 Å². The van der Waals surface area contributed by atoms with Gasteiger partial charge in [0, 0.05) is 6.54 Å². The Kier molecular flexibility index (Phi) is 3.94. The highest BCUT2D eigenvalue weighted by molar-refractivity contribution is 7.95. The molecular formula is C18H21N3O2S. The molecular weight excluding hydrogens is 322 g/mol. The van der Waals surface area contributed by atoms with E-state index in [9.17, 15) is 8.42 Å². The number of anilines is 3. The molecule has 1 fully saturated rings. The maximum Gasteiger partial charge on any atom is 0.330 e. The van der Waals surface area contributed by atoms with E-state index >= 15 is 0 Å². The number of nitrogens with one attached hydrogen (secondary N) is 1. The topological polar surface area (TPSA) is 52.7 Å². The Hall–Kier alpha value is -2.05. The number of piperidine rings is 1. The van der Waals surface area contributed by atoms with Crippen molar-refractivity contribution < 1.29 is 8.42 Å². The van der Waals surface area contributed by atoms with E-state index in [0.717, 1.165) is 37.3 Å². The summed E-state index contributed by atoms with van der Waals surface area (Å²) in [5.74, 6) is 0.345. The van der Waals surface area contributed by atoms with Gasteiger partial charge in [0.25, 0.3) is 0 Å². The molecule has 0 spiro atoms. The number of hydrogen-bond donors (Lipinski definition) is 1. The maximum absolute atomic E-state index is 13.3. The van der Waals surface area contributed by atoms with E-state index < -0.39 is 10.2 Å². The van der Waals surface area contributed by atoms with Gasteiger partial charge in [0.05, 0.1) is 17.1 Å². The predicted octanol–water partition coefficient (Wildman–Crippen LogP) is 2.89. The third-order valence-corrected chi connectivity index (χ3v) is 6.46. The second kappa shape index (κ2) is 6.11. The smallest absolute Gasteiger partial charge is 0.316 e. The fourth-order valence-electron chi connectivity index (χ4n) is 3.54. The Morgan fingerprint density at radius 2 is 1.71 bits per heavy atom. The van der Waals surface area contributed by atoms with Gasteiger partial charge in [-0.25, -0.2) is 4.31 Å². The van der Waals surface area contributed by atoms with Crippen LogP contribution >= 0.6 is 0 Å². The Balaban J connectivity index is 1.75. The molecule has 0 bridgehead atoms.